The van der Waals surface area contributed by atoms with Crippen molar-refractivity contribution in [2.24, 2.45) is 5.41 Å². The Kier molecular flexibility index (Phi) is 5.10. The summed E-state index contributed by atoms with van der Waals surface area (Å²) in [4.78, 5) is 12.7. The fourth-order valence-electron chi connectivity index (χ4n) is 2.62. The van der Waals surface area contributed by atoms with Crippen molar-refractivity contribution in [2.45, 2.75) is 32.7 Å². The van der Waals surface area contributed by atoms with E-state index in [1.807, 2.05) is 31.2 Å². The summed E-state index contributed by atoms with van der Waals surface area (Å²) in [5.74, 6) is 1.58. The summed E-state index contributed by atoms with van der Waals surface area (Å²) in [5.41, 5.74) is -0.0604. The highest BCUT2D eigenvalue weighted by atomic mass is 35.5. The van der Waals surface area contributed by atoms with Gasteiger partial charge in [0.05, 0.1) is 6.61 Å². The summed E-state index contributed by atoms with van der Waals surface area (Å²) in [6.07, 6.45) is 0.962. The Morgan fingerprint density at radius 2 is 2.24 bits per heavy atom. The van der Waals surface area contributed by atoms with Gasteiger partial charge in [-0.3, -0.25) is 0 Å². The second kappa shape index (κ2) is 6.49. The summed E-state index contributed by atoms with van der Waals surface area (Å²) < 4.78 is 5.38. The molecule has 0 amide bonds. The number of esters is 1. The van der Waals surface area contributed by atoms with Crippen molar-refractivity contribution in [1.82, 2.24) is 0 Å². The second-order valence-corrected chi connectivity index (χ2v) is 7.49. The molecule has 3 nitrogen and oxygen atoms in total. The lowest BCUT2D eigenvalue weighted by molar-refractivity contribution is -0.152. The summed E-state index contributed by atoms with van der Waals surface area (Å²) in [6, 6.07) is 7.48. The maximum absolute atomic E-state index is 12.7. The first-order valence-corrected chi connectivity index (χ1v) is 8.73. The number of halogens is 1. The molecule has 1 heterocycles. The molecule has 1 aliphatic heterocycles. The summed E-state index contributed by atoms with van der Waals surface area (Å²) in [7, 11) is 0. The van der Waals surface area contributed by atoms with Crippen molar-refractivity contribution in [3.63, 3.8) is 0 Å². The quantitative estimate of drug-likeness (QED) is 0.840. The molecule has 116 valence electrons. The largest absolute Gasteiger partial charge is 0.464 e. The number of carbonyl (C=O) groups is 1. The molecule has 0 spiro atoms. The van der Waals surface area contributed by atoms with Crippen molar-refractivity contribution in [3.05, 3.63) is 29.3 Å². The molecule has 1 saturated heterocycles. The Morgan fingerprint density at radius 1 is 1.48 bits per heavy atom. The van der Waals surface area contributed by atoms with Gasteiger partial charge in [-0.25, -0.2) is 4.79 Å². The summed E-state index contributed by atoms with van der Waals surface area (Å²) in [5, 5.41) is 4.08. The summed E-state index contributed by atoms with van der Waals surface area (Å²) >= 11 is 7.84. The van der Waals surface area contributed by atoms with Crippen molar-refractivity contribution < 1.29 is 9.53 Å². The van der Waals surface area contributed by atoms with Crippen LogP contribution in [0.5, 0.6) is 0 Å². The Bertz CT molecular complexity index is 521. The Balaban J connectivity index is 2.38. The van der Waals surface area contributed by atoms with Gasteiger partial charge in [0.25, 0.3) is 0 Å². The Hall–Kier alpha value is -0.870. The monoisotopic (exact) mass is 327 g/mol. The van der Waals surface area contributed by atoms with E-state index in [0.29, 0.717) is 17.4 Å². The van der Waals surface area contributed by atoms with Crippen LogP contribution in [0, 0.1) is 5.41 Å². The molecular formula is C16H22ClNO2S. The third-order valence-corrected chi connectivity index (χ3v) is 5.52. The molecule has 0 aliphatic carbocycles. The van der Waals surface area contributed by atoms with Crippen LogP contribution in [0.25, 0.3) is 0 Å². The second-order valence-electron chi connectivity index (χ2n) is 5.95. The molecule has 0 radical (unpaired) electrons. The lowest BCUT2D eigenvalue weighted by Crippen LogP contribution is -2.62. The van der Waals surface area contributed by atoms with E-state index >= 15 is 0 Å². The first-order chi connectivity index (χ1) is 9.91. The zero-order chi connectivity index (χ0) is 15.5. The minimum absolute atomic E-state index is 0.179. The van der Waals surface area contributed by atoms with Gasteiger partial charge in [-0.1, -0.05) is 31.5 Å². The molecule has 0 aromatic heterocycles. The predicted octanol–water partition coefficient (Wildman–Crippen LogP) is 4.22. The van der Waals surface area contributed by atoms with E-state index in [4.69, 9.17) is 16.3 Å². The molecule has 1 atom stereocenters. The molecule has 1 aliphatic rings. The average molecular weight is 328 g/mol. The average Bonchev–Trinajstić information content (AvgIpc) is 2.41. The van der Waals surface area contributed by atoms with E-state index < -0.39 is 5.54 Å². The summed E-state index contributed by atoms with van der Waals surface area (Å²) in [6.45, 7) is 6.48. The Morgan fingerprint density at radius 3 is 2.86 bits per heavy atom. The van der Waals surface area contributed by atoms with Gasteiger partial charge in [-0.05, 0) is 37.3 Å². The van der Waals surface area contributed by atoms with E-state index in [9.17, 15) is 4.79 Å². The van der Waals surface area contributed by atoms with Crippen molar-refractivity contribution in [2.75, 3.05) is 23.4 Å². The SMILES string of the molecule is CCOC(=O)C1(Nc2cccc(Cl)c2)CSCCC1(C)C. The van der Waals surface area contributed by atoms with Crippen LogP contribution >= 0.6 is 23.4 Å². The molecule has 1 aromatic rings. The molecule has 0 bridgehead atoms. The zero-order valence-electron chi connectivity index (χ0n) is 12.7. The van der Waals surface area contributed by atoms with Gasteiger partial charge in [0, 0.05) is 21.9 Å². The first-order valence-electron chi connectivity index (χ1n) is 7.20. The van der Waals surface area contributed by atoms with Gasteiger partial charge >= 0.3 is 5.97 Å². The number of rotatable bonds is 4. The van der Waals surface area contributed by atoms with E-state index in [1.165, 1.54) is 0 Å². The maximum Gasteiger partial charge on any atom is 0.333 e. The Labute approximate surface area is 135 Å². The first kappa shape index (κ1) is 16.5. The van der Waals surface area contributed by atoms with Gasteiger partial charge in [-0.15, -0.1) is 0 Å². The lowest BCUT2D eigenvalue weighted by atomic mass is 9.70. The van der Waals surface area contributed by atoms with Crippen LogP contribution in [-0.4, -0.2) is 29.6 Å². The maximum atomic E-state index is 12.7. The number of hydrogen-bond acceptors (Lipinski definition) is 4. The number of carbonyl (C=O) groups excluding carboxylic acids is 1. The van der Waals surface area contributed by atoms with Crippen LogP contribution < -0.4 is 5.32 Å². The number of ether oxygens (including phenoxy) is 1. The predicted molar refractivity (Wildman–Crippen MR) is 90.2 cm³/mol. The van der Waals surface area contributed by atoms with Crippen LogP contribution in [0.15, 0.2) is 24.3 Å². The zero-order valence-corrected chi connectivity index (χ0v) is 14.3. The van der Waals surface area contributed by atoms with Crippen LogP contribution in [0.3, 0.4) is 0 Å². The van der Waals surface area contributed by atoms with E-state index in [0.717, 1.165) is 17.9 Å². The van der Waals surface area contributed by atoms with Crippen molar-refractivity contribution >= 4 is 35.0 Å². The molecule has 21 heavy (non-hydrogen) atoms. The minimum atomic E-state index is -0.726. The standard InChI is InChI=1S/C16H22ClNO2S/c1-4-20-14(19)16(11-21-9-8-15(16,2)3)18-13-7-5-6-12(17)10-13/h5-7,10,18H,4,8-9,11H2,1-3H3. The molecule has 1 fully saturated rings. The van der Waals surface area contributed by atoms with Gasteiger partial charge in [0.2, 0.25) is 0 Å². The van der Waals surface area contributed by atoms with Gasteiger partial charge < -0.3 is 10.1 Å². The molecule has 2 rings (SSSR count). The fourth-order valence-corrected chi connectivity index (χ4v) is 4.50. The van der Waals surface area contributed by atoms with E-state index in [1.54, 1.807) is 11.8 Å². The van der Waals surface area contributed by atoms with E-state index in [-0.39, 0.29) is 11.4 Å². The highest BCUT2D eigenvalue weighted by Gasteiger charge is 2.54. The molecule has 1 aromatic carbocycles. The highest BCUT2D eigenvalue weighted by molar-refractivity contribution is 7.99. The number of nitrogens with one attached hydrogen (secondary N) is 1. The topological polar surface area (TPSA) is 38.3 Å². The van der Waals surface area contributed by atoms with Crippen molar-refractivity contribution in [3.8, 4) is 0 Å². The smallest absolute Gasteiger partial charge is 0.333 e. The normalized spacial score (nSPS) is 24.4. The van der Waals surface area contributed by atoms with Gasteiger partial charge in [-0.2, -0.15) is 11.8 Å². The number of anilines is 1. The third kappa shape index (κ3) is 3.32. The molecule has 1 unspecified atom stereocenters. The van der Waals surface area contributed by atoms with Crippen LogP contribution in [0.4, 0.5) is 5.69 Å². The molecule has 1 N–H and O–H groups in total. The fraction of sp³-hybridized carbons (Fsp3) is 0.562. The highest BCUT2D eigenvalue weighted by Crippen LogP contribution is 2.45. The third-order valence-electron chi connectivity index (χ3n) is 4.15. The number of benzene rings is 1. The minimum Gasteiger partial charge on any atom is -0.464 e. The molecule has 0 saturated carbocycles. The molecular weight excluding hydrogens is 306 g/mol. The van der Waals surface area contributed by atoms with Gasteiger partial charge in [0.1, 0.15) is 5.54 Å². The lowest BCUT2D eigenvalue weighted by Gasteiger charge is -2.48. The number of thioether (sulfide) groups is 1. The van der Waals surface area contributed by atoms with Crippen molar-refractivity contribution in [1.29, 1.82) is 0 Å². The van der Waals surface area contributed by atoms with Crippen LogP contribution in [0.2, 0.25) is 5.02 Å². The van der Waals surface area contributed by atoms with Crippen LogP contribution in [0.1, 0.15) is 27.2 Å². The molecule has 5 heteroatoms. The number of hydrogen-bond donors (Lipinski definition) is 1. The van der Waals surface area contributed by atoms with Gasteiger partial charge in [0.15, 0.2) is 0 Å². The van der Waals surface area contributed by atoms with E-state index in [2.05, 4.69) is 19.2 Å². The van der Waals surface area contributed by atoms with Crippen LogP contribution in [-0.2, 0) is 9.53 Å².